The van der Waals surface area contributed by atoms with Crippen LogP contribution in [0.1, 0.15) is 12.5 Å². The molecule has 2 amide bonds. The number of nitrogens with zero attached hydrogens (tertiary/aromatic N) is 1. The molecule has 0 aliphatic rings. The molecule has 0 fully saturated rings. The third kappa shape index (κ3) is 5.54. The zero-order valence-electron chi connectivity index (χ0n) is 13.0. The molecule has 0 unspecified atom stereocenters. The van der Waals surface area contributed by atoms with Gasteiger partial charge in [-0.25, -0.2) is 4.39 Å². The molecule has 0 spiro atoms. The number of carbonyl (C=O) groups excluding carboxylic acids is 2. The van der Waals surface area contributed by atoms with E-state index in [0.29, 0.717) is 18.7 Å². The first-order valence-corrected chi connectivity index (χ1v) is 7.39. The van der Waals surface area contributed by atoms with E-state index in [1.165, 1.54) is 36.1 Å². The fourth-order valence-corrected chi connectivity index (χ4v) is 2.16. The van der Waals surface area contributed by atoms with Gasteiger partial charge in [0.2, 0.25) is 11.8 Å². The first kappa shape index (κ1) is 16.7. The summed E-state index contributed by atoms with van der Waals surface area (Å²) in [5.74, 6) is -0.828. The van der Waals surface area contributed by atoms with E-state index in [0.717, 1.165) is 5.56 Å². The van der Waals surface area contributed by atoms with Crippen molar-refractivity contribution in [2.75, 3.05) is 18.4 Å². The molecule has 0 aromatic heterocycles. The van der Waals surface area contributed by atoms with Crippen LogP contribution in [0.4, 0.5) is 10.1 Å². The fourth-order valence-electron chi connectivity index (χ4n) is 2.16. The van der Waals surface area contributed by atoms with Crippen molar-refractivity contribution in [3.05, 3.63) is 66.0 Å². The van der Waals surface area contributed by atoms with Crippen molar-refractivity contribution < 1.29 is 14.0 Å². The van der Waals surface area contributed by atoms with Gasteiger partial charge in [0.25, 0.3) is 0 Å². The van der Waals surface area contributed by atoms with Crippen LogP contribution in [0.2, 0.25) is 0 Å². The number of rotatable bonds is 6. The van der Waals surface area contributed by atoms with Crippen LogP contribution in [0, 0.1) is 5.82 Å². The second kappa shape index (κ2) is 8.08. The number of amides is 2. The minimum Gasteiger partial charge on any atom is -0.333 e. The minimum absolute atomic E-state index is 0.0282. The molecule has 1 N–H and O–H groups in total. The largest absolute Gasteiger partial charge is 0.333 e. The van der Waals surface area contributed by atoms with Crippen molar-refractivity contribution in [3.8, 4) is 0 Å². The number of benzene rings is 2. The van der Waals surface area contributed by atoms with Gasteiger partial charge in [-0.05, 0) is 36.2 Å². The molecule has 4 nitrogen and oxygen atoms in total. The molecular formula is C18H19FN2O2. The average molecular weight is 314 g/mol. The Bertz CT molecular complexity index is 656. The molecular weight excluding hydrogens is 295 g/mol. The average Bonchev–Trinajstić information content (AvgIpc) is 2.54. The maximum Gasteiger partial charge on any atom is 0.243 e. The molecule has 23 heavy (non-hydrogen) atoms. The molecule has 2 aromatic carbocycles. The Balaban J connectivity index is 1.89. The standard InChI is InChI=1S/C18H19FN2O2/c1-14(22)21(12-11-15-5-3-2-4-6-15)13-18(23)20-17-9-7-16(19)8-10-17/h2-10H,11-13H2,1H3,(H,20,23). The third-order valence-electron chi connectivity index (χ3n) is 3.42. The number of hydrogen-bond acceptors (Lipinski definition) is 2. The van der Waals surface area contributed by atoms with E-state index in [4.69, 9.17) is 0 Å². The van der Waals surface area contributed by atoms with Crippen LogP contribution in [0.3, 0.4) is 0 Å². The lowest BCUT2D eigenvalue weighted by atomic mass is 10.1. The van der Waals surface area contributed by atoms with Crippen LogP contribution in [-0.4, -0.2) is 29.8 Å². The first-order chi connectivity index (χ1) is 11.0. The van der Waals surface area contributed by atoms with E-state index < -0.39 is 0 Å². The first-order valence-electron chi connectivity index (χ1n) is 7.39. The number of halogens is 1. The van der Waals surface area contributed by atoms with Gasteiger partial charge >= 0.3 is 0 Å². The SMILES string of the molecule is CC(=O)N(CCc1ccccc1)CC(=O)Nc1ccc(F)cc1. The Kier molecular flexibility index (Phi) is 5.86. The molecule has 2 aromatic rings. The van der Waals surface area contributed by atoms with Gasteiger partial charge in [0, 0.05) is 19.2 Å². The summed E-state index contributed by atoms with van der Waals surface area (Å²) >= 11 is 0. The van der Waals surface area contributed by atoms with Gasteiger partial charge in [-0.1, -0.05) is 30.3 Å². The summed E-state index contributed by atoms with van der Waals surface area (Å²) in [4.78, 5) is 25.2. The van der Waals surface area contributed by atoms with Crippen LogP contribution in [-0.2, 0) is 16.0 Å². The Morgan fingerprint density at radius 2 is 1.70 bits per heavy atom. The lowest BCUT2D eigenvalue weighted by Gasteiger charge is -2.20. The molecule has 0 aliphatic carbocycles. The van der Waals surface area contributed by atoms with E-state index in [9.17, 15) is 14.0 Å². The Labute approximate surface area is 134 Å². The predicted octanol–water partition coefficient (Wildman–Crippen LogP) is 2.86. The van der Waals surface area contributed by atoms with Crippen LogP contribution in [0.5, 0.6) is 0 Å². The van der Waals surface area contributed by atoms with E-state index in [1.807, 2.05) is 30.3 Å². The molecule has 0 bridgehead atoms. The molecule has 0 radical (unpaired) electrons. The maximum atomic E-state index is 12.8. The van der Waals surface area contributed by atoms with Gasteiger partial charge in [0.15, 0.2) is 0 Å². The molecule has 0 saturated heterocycles. The third-order valence-corrected chi connectivity index (χ3v) is 3.42. The second-order valence-electron chi connectivity index (χ2n) is 5.23. The highest BCUT2D eigenvalue weighted by Crippen LogP contribution is 2.08. The van der Waals surface area contributed by atoms with Crippen molar-refractivity contribution in [3.63, 3.8) is 0 Å². The monoisotopic (exact) mass is 314 g/mol. The summed E-state index contributed by atoms with van der Waals surface area (Å²) in [6, 6.07) is 15.3. The van der Waals surface area contributed by atoms with E-state index >= 15 is 0 Å². The van der Waals surface area contributed by atoms with Crippen molar-refractivity contribution in [2.24, 2.45) is 0 Å². The van der Waals surface area contributed by atoms with Crippen molar-refractivity contribution in [1.82, 2.24) is 4.90 Å². The van der Waals surface area contributed by atoms with E-state index in [1.54, 1.807) is 0 Å². The topological polar surface area (TPSA) is 49.4 Å². The summed E-state index contributed by atoms with van der Waals surface area (Å²) in [5, 5.41) is 2.65. The summed E-state index contributed by atoms with van der Waals surface area (Å²) in [7, 11) is 0. The predicted molar refractivity (Wildman–Crippen MR) is 87.4 cm³/mol. The number of hydrogen-bond donors (Lipinski definition) is 1. The number of carbonyl (C=O) groups is 2. The second-order valence-corrected chi connectivity index (χ2v) is 5.23. The molecule has 0 heterocycles. The number of anilines is 1. The summed E-state index contributed by atoms with van der Waals surface area (Å²) < 4.78 is 12.8. The highest BCUT2D eigenvalue weighted by molar-refractivity contribution is 5.94. The summed E-state index contributed by atoms with van der Waals surface area (Å²) in [5.41, 5.74) is 1.61. The van der Waals surface area contributed by atoms with Gasteiger partial charge in [0.1, 0.15) is 5.82 Å². The zero-order chi connectivity index (χ0) is 16.7. The Hall–Kier alpha value is -2.69. The zero-order valence-corrected chi connectivity index (χ0v) is 13.0. The Morgan fingerprint density at radius 1 is 1.04 bits per heavy atom. The van der Waals surface area contributed by atoms with Gasteiger partial charge in [-0.15, -0.1) is 0 Å². The van der Waals surface area contributed by atoms with Gasteiger partial charge in [-0.3, -0.25) is 9.59 Å². The van der Waals surface area contributed by atoms with Gasteiger partial charge in [0.05, 0.1) is 6.54 Å². The van der Waals surface area contributed by atoms with Crippen LogP contribution < -0.4 is 5.32 Å². The number of nitrogens with one attached hydrogen (secondary N) is 1. The normalized spacial score (nSPS) is 10.2. The lowest BCUT2D eigenvalue weighted by Crippen LogP contribution is -2.37. The van der Waals surface area contributed by atoms with Crippen molar-refractivity contribution in [2.45, 2.75) is 13.3 Å². The highest BCUT2D eigenvalue weighted by atomic mass is 19.1. The molecule has 0 aliphatic heterocycles. The van der Waals surface area contributed by atoms with E-state index in [-0.39, 0.29) is 24.2 Å². The van der Waals surface area contributed by atoms with Crippen LogP contribution in [0.15, 0.2) is 54.6 Å². The minimum atomic E-state index is -0.365. The van der Waals surface area contributed by atoms with Crippen LogP contribution >= 0.6 is 0 Å². The van der Waals surface area contributed by atoms with E-state index in [2.05, 4.69) is 5.32 Å². The Morgan fingerprint density at radius 3 is 2.30 bits per heavy atom. The quantitative estimate of drug-likeness (QED) is 0.891. The van der Waals surface area contributed by atoms with Crippen molar-refractivity contribution >= 4 is 17.5 Å². The summed E-state index contributed by atoms with van der Waals surface area (Å²) in [6.07, 6.45) is 0.685. The smallest absolute Gasteiger partial charge is 0.243 e. The summed E-state index contributed by atoms with van der Waals surface area (Å²) in [6.45, 7) is 1.88. The maximum absolute atomic E-state index is 12.8. The highest BCUT2D eigenvalue weighted by Gasteiger charge is 2.13. The van der Waals surface area contributed by atoms with Gasteiger partial charge in [-0.2, -0.15) is 0 Å². The van der Waals surface area contributed by atoms with Crippen LogP contribution in [0.25, 0.3) is 0 Å². The molecule has 120 valence electrons. The van der Waals surface area contributed by atoms with Crippen molar-refractivity contribution in [1.29, 1.82) is 0 Å². The molecule has 0 saturated carbocycles. The molecule has 5 heteroatoms. The molecule has 0 atom stereocenters. The van der Waals surface area contributed by atoms with Gasteiger partial charge < -0.3 is 10.2 Å². The molecule has 2 rings (SSSR count). The fraction of sp³-hybridized carbons (Fsp3) is 0.222. The lowest BCUT2D eigenvalue weighted by molar-refractivity contribution is -0.132.